The smallest absolute Gasteiger partial charge is 0.265 e. The summed E-state index contributed by atoms with van der Waals surface area (Å²) in [6.07, 6.45) is 0. The molecule has 0 aliphatic carbocycles. The van der Waals surface area contributed by atoms with Crippen LogP contribution in [0.3, 0.4) is 0 Å². The third-order valence-corrected chi connectivity index (χ3v) is 4.08. The van der Waals surface area contributed by atoms with E-state index in [0.717, 1.165) is 10.0 Å². The van der Waals surface area contributed by atoms with Crippen LogP contribution in [-0.4, -0.2) is 17.1 Å². The fourth-order valence-corrected chi connectivity index (χ4v) is 2.13. The minimum atomic E-state index is -0.202. The maximum absolute atomic E-state index is 11.7. The summed E-state index contributed by atoms with van der Waals surface area (Å²) in [5.41, 5.74) is 1.22. The largest absolute Gasteiger partial charge is 0.497 e. The van der Waals surface area contributed by atoms with Crippen LogP contribution in [0.25, 0.3) is 11.4 Å². The highest BCUT2D eigenvalue weighted by atomic mass is 79.9. The van der Waals surface area contributed by atoms with E-state index in [4.69, 9.17) is 4.74 Å². The van der Waals surface area contributed by atoms with Crippen LogP contribution in [0.15, 0.2) is 31.9 Å². The van der Waals surface area contributed by atoms with Crippen molar-refractivity contribution in [2.45, 2.75) is 6.92 Å². The van der Waals surface area contributed by atoms with Crippen molar-refractivity contribution in [3.05, 3.63) is 43.2 Å². The van der Waals surface area contributed by atoms with Crippen molar-refractivity contribution in [3.8, 4) is 17.1 Å². The average molecular weight is 374 g/mol. The quantitative estimate of drug-likeness (QED) is 0.878. The molecule has 18 heavy (non-hydrogen) atoms. The van der Waals surface area contributed by atoms with E-state index in [1.807, 2.05) is 18.2 Å². The zero-order valence-corrected chi connectivity index (χ0v) is 12.9. The Balaban J connectivity index is 2.65. The van der Waals surface area contributed by atoms with Gasteiger partial charge in [0.05, 0.1) is 12.8 Å². The van der Waals surface area contributed by atoms with Crippen molar-refractivity contribution in [2.24, 2.45) is 0 Å². The molecule has 1 heterocycles. The van der Waals surface area contributed by atoms with Crippen LogP contribution in [0.5, 0.6) is 5.75 Å². The highest BCUT2D eigenvalue weighted by molar-refractivity contribution is 9.10. The minimum absolute atomic E-state index is 0.202. The second-order valence-corrected chi connectivity index (χ2v) is 5.31. The number of nitrogens with zero attached hydrogens (tertiary/aromatic N) is 1. The van der Waals surface area contributed by atoms with Gasteiger partial charge in [-0.25, -0.2) is 4.98 Å². The summed E-state index contributed by atoms with van der Waals surface area (Å²) in [7, 11) is 1.59. The van der Waals surface area contributed by atoms with Gasteiger partial charge in [0, 0.05) is 10.0 Å². The molecule has 6 heteroatoms. The number of H-pyrrole nitrogens is 1. The SMILES string of the molecule is COc1ccc(Br)c(-c2nc(C)c(Br)c(=O)[nH]2)c1. The van der Waals surface area contributed by atoms with E-state index in [1.54, 1.807) is 14.0 Å². The van der Waals surface area contributed by atoms with Gasteiger partial charge in [-0.15, -0.1) is 0 Å². The second-order valence-electron chi connectivity index (χ2n) is 3.66. The molecule has 0 unspecified atom stereocenters. The molecule has 0 radical (unpaired) electrons. The Hall–Kier alpha value is -1.14. The third kappa shape index (κ3) is 2.49. The summed E-state index contributed by atoms with van der Waals surface area (Å²) in [4.78, 5) is 18.8. The lowest BCUT2D eigenvalue weighted by molar-refractivity contribution is 0.415. The number of hydrogen-bond donors (Lipinski definition) is 1. The normalized spacial score (nSPS) is 10.4. The van der Waals surface area contributed by atoms with E-state index < -0.39 is 0 Å². The lowest BCUT2D eigenvalue weighted by atomic mass is 10.2. The Morgan fingerprint density at radius 3 is 2.67 bits per heavy atom. The number of aryl methyl sites for hydroxylation is 1. The van der Waals surface area contributed by atoms with Crippen molar-refractivity contribution in [1.82, 2.24) is 9.97 Å². The molecule has 1 aromatic heterocycles. The maximum atomic E-state index is 11.7. The highest BCUT2D eigenvalue weighted by Crippen LogP contribution is 2.29. The first-order valence-electron chi connectivity index (χ1n) is 5.13. The molecule has 0 bridgehead atoms. The lowest BCUT2D eigenvalue weighted by Gasteiger charge is -2.08. The number of methoxy groups -OCH3 is 1. The summed E-state index contributed by atoms with van der Waals surface area (Å²) < 4.78 is 6.46. The van der Waals surface area contributed by atoms with Crippen LogP contribution >= 0.6 is 31.9 Å². The van der Waals surface area contributed by atoms with Crippen molar-refractivity contribution in [1.29, 1.82) is 0 Å². The Morgan fingerprint density at radius 1 is 1.33 bits per heavy atom. The molecular formula is C12H10Br2N2O2. The minimum Gasteiger partial charge on any atom is -0.497 e. The molecule has 0 saturated heterocycles. The zero-order valence-electron chi connectivity index (χ0n) is 9.75. The summed E-state index contributed by atoms with van der Waals surface area (Å²) >= 11 is 6.62. The molecule has 0 spiro atoms. The number of benzene rings is 1. The van der Waals surface area contributed by atoms with Crippen molar-refractivity contribution in [2.75, 3.05) is 7.11 Å². The maximum Gasteiger partial charge on any atom is 0.265 e. The number of nitrogens with one attached hydrogen (secondary N) is 1. The van der Waals surface area contributed by atoms with Gasteiger partial charge in [-0.1, -0.05) is 15.9 Å². The number of aromatic nitrogens is 2. The average Bonchev–Trinajstić information content (AvgIpc) is 2.36. The molecule has 0 atom stereocenters. The summed E-state index contributed by atoms with van der Waals surface area (Å²) in [5, 5.41) is 0. The van der Waals surface area contributed by atoms with Crippen molar-refractivity contribution in [3.63, 3.8) is 0 Å². The van der Waals surface area contributed by atoms with E-state index in [0.29, 0.717) is 21.7 Å². The number of aromatic amines is 1. The fraction of sp³-hybridized carbons (Fsp3) is 0.167. The van der Waals surface area contributed by atoms with Gasteiger partial charge in [0.2, 0.25) is 0 Å². The van der Waals surface area contributed by atoms with Gasteiger partial charge in [0.1, 0.15) is 16.0 Å². The molecule has 1 N–H and O–H groups in total. The zero-order chi connectivity index (χ0) is 13.3. The lowest BCUT2D eigenvalue weighted by Crippen LogP contribution is -2.12. The van der Waals surface area contributed by atoms with Gasteiger partial charge in [-0.2, -0.15) is 0 Å². The van der Waals surface area contributed by atoms with Crippen LogP contribution in [0, 0.1) is 6.92 Å². The predicted octanol–water partition coefficient (Wildman–Crippen LogP) is 3.28. The topological polar surface area (TPSA) is 55.0 Å². The first-order chi connectivity index (χ1) is 8.52. The van der Waals surface area contributed by atoms with Crippen LogP contribution in [-0.2, 0) is 0 Å². The van der Waals surface area contributed by atoms with Crippen LogP contribution < -0.4 is 10.3 Å². The Bertz CT molecular complexity index is 653. The molecule has 1 aromatic carbocycles. The molecule has 0 saturated carbocycles. The van der Waals surface area contributed by atoms with Gasteiger partial charge < -0.3 is 9.72 Å². The Labute approximate surface area is 121 Å². The molecular weight excluding hydrogens is 364 g/mol. The Morgan fingerprint density at radius 2 is 2.06 bits per heavy atom. The van der Waals surface area contributed by atoms with Crippen LogP contribution in [0.4, 0.5) is 0 Å². The molecule has 4 nitrogen and oxygen atoms in total. The number of rotatable bonds is 2. The molecule has 94 valence electrons. The standard InChI is InChI=1S/C12H10Br2N2O2/c1-6-10(14)12(17)16-11(15-6)8-5-7(18-2)3-4-9(8)13/h3-5H,1-2H3,(H,15,16,17). The number of ether oxygens (including phenoxy) is 1. The molecule has 2 rings (SSSR count). The fourth-order valence-electron chi connectivity index (χ4n) is 1.51. The summed E-state index contributed by atoms with van der Waals surface area (Å²) in [5.74, 6) is 1.21. The second kappa shape index (κ2) is 5.24. The Kier molecular flexibility index (Phi) is 3.87. The molecule has 0 aliphatic heterocycles. The van der Waals surface area contributed by atoms with E-state index >= 15 is 0 Å². The predicted molar refractivity (Wildman–Crippen MR) is 77.0 cm³/mol. The highest BCUT2D eigenvalue weighted by Gasteiger charge is 2.10. The van der Waals surface area contributed by atoms with Gasteiger partial charge >= 0.3 is 0 Å². The van der Waals surface area contributed by atoms with Gasteiger partial charge in [-0.3, -0.25) is 4.79 Å². The van der Waals surface area contributed by atoms with Gasteiger partial charge in [-0.05, 0) is 41.1 Å². The molecule has 2 aromatic rings. The monoisotopic (exact) mass is 372 g/mol. The van der Waals surface area contributed by atoms with E-state index in [9.17, 15) is 4.79 Å². The third-order valence-electron chi connectivity index (χ3n) is 2.46. The first-order valence-corrected chi connectivity index (χ1v) is 6.72. The van der Waals surface area contributed by atoms with Crippen LogP contribution in [0.2, 0.25) is 0 Å². The van der Waals surface area contributed by atoms with E-state index in [1.165, 1.54) is 0 Å². The van der Waals surface area contributed by atoms with Crippen molar-refractivity contribution < 1.29 is 4.74 Å². The molecule has 0 amide bonds. The summed E-state index contributed by atoms with van der Waals surface area (Å²) in [6, 6.07) is 5.50. The van der Waals surface area contributed by atoms with Gasteiger partial charge in [0.15, 0.2) is 0 Å². The van der Waals surface area contributed by atoms with E-state index in [2.05, 4.69) is 41.8 Å². The van der Waals surface area contributed by atoms with Gasteiger partial charge in [0.25, 0.3) is 5.56 Å². The number of hydrogen-bond acceptors (Lipinski definition) is 3. The van der Waals surface area contributed by atoms with Crippen molar-refractivity contribution >= 4 is 31.9 Å². The summed E-state index contributed by atoms with van der Waals surface area (Å²) in [6.45, 7) is 1.77. The first kappa shape index (κ1) is 13.3. The van der Waals surface area contributed by atoms with Crippen LogP contribution in [0.1, 0.15) is 5.69 Å². The molecule has 0 fully saturated rings. The van der Waals surface area contributed by atoms with E-state index in [-0.39, 0.29) is 5.56 Å². The number of halogens is 2. The molecule has 0 aliphatic rings.